The zero-order chi connectivity index (χ0) is 22.6. The van der Waals surface area contributed by atoms with Gasteiger partial charge in [0.25, 0.3) is 0 Å². The summed E-state index contributed by atoms with van der Waals surface area (Å²) in [5.74, 6) is 2.34. The molecule has 0 bridgehead atoms. The van der Waals surface area contributed by atoms with E-state index < -0.39 is 0 Å². The molecule has 5 rings (SSSR count). The van der Waals surface area contributed by atoms with Gasteiger partial charge >= 0.3 is 0 Å². The first-order valence-corrected chi connectivity index (χ1v) is 10.9. The van der Waals surface area contributed by atoms with Crippen LogP contribution in [0.4, 0.5) is 28.6 Å². The van der Waals surface area contributed by atoms with Gasteiger partial charge < -0.3 is 20.3 Å². The maximum absolute atomic E-state index is 12.1. The van der Waals surface area contributed by atoms with E-state index in [4.69, 9.17) is 4.74 Å². The molecule has 4 aromatic rings. The van der Waals surface area contributed by atoms with Gasteiger partial charge in [-0.05, 0) is 60.5 Å². The quantitative estimate of drug-likeness (QED) is 0.373. The monoisotopic (exact) mass is 436 g/mol. The third-order valence-electron chi connectivity index (χ3n) is 5.52. The molecule has 0 aliphatic carbocycles. The van der Waals surface area contributed by atoms with Gasteiger partial charge in [0.1, 0.15) is 17.3 Å². The Bertz CT molecular complexity index is 1270. The SMILES string of the molecule is CC(=O)N1CCc2cccc(Nc3ccnc(Nc4ccc(Oc5ccccc5)cc4)c3)c21. The summed E-state index contributed by atoms with van der Waals surface area (Å²) >= 11 is 0. The van der Waals surface area contributed by atoms with Crippen molar-refractivity contribution >= 4 is 34.5 Å². The maximum atomic E-state index is 12.1. The highest BCUT2D eigenvalue weighted by molar-refractivity contribution is 5.98. The van der Waals surface area contributed by atoms with E-state index in [9.17, 15) is 4.79 Å². The van der Waals surface area contributed by atoms with Crippen molar-refractivity contribution in [2.75, 3.05) is 22.1 Å². The Labute approximate surface area is 192 Å². The molecule has 6 heteroatoms. The number of benzene rings is 3. The van der Waals surface area contributed by atoms with Crippen LogP contribution in [-0.4, -0.2) is 17.4 Å². The topological polar surface area (TPSA) is 66.5 Å². The predicted octanol–water partition coefficient (Wildman–Crippen LogP) is 6.27. The van der Waals surface area contributed by atoms with Crippen molar-refractivity contribution in [2.24, 2.45) is 0 Å². The number of para-hydroxylation sites is 2. The Kier molecular flexibility index (Phi) is 5.64. The molecule has 0 saturated heterocycles. The van der Waals surface area contributed by atoms with Crippen molar-refractivity contribution in [3.05, 3.63) is 96.7 Å². The molecule has 6 nitrogen and oxygen atoms in total. The van der Waals surface area contributed by atoms with Crippen LogP contribution in [0.25, 0.3) is 0 Å². The Hall–Kier alpha value is -4.32. The van der Waals surface area contributed by atoms with E-state index in [1.54, 1.807) is 13.1 Å². The predicted molar refractivity (Wildman–Crippen MR) is 132 cm³/mol. The summed E-state index contributed by atoms with van der Waals surface area (Å²) in [5, 5.41) is 6.79. The summed E-state index contributed by atoms with van der Waals surface area (Å²) < 4.78 is 5.85. The molecule has 0 spiro atoms. The van der Waals surface area contributed by atoms with E-state index >= 15 is 0 Å². The molecule has 0 unspecified atom stereocenters. The van der Waals surface area contributed by atoms with Crippen molar-refractivity contribution in [2.45, 2.75) is 13.3 Å². The van der Waals surface area contributed by atoms with Crippen molar-refractivity contribution in [3.8, 4) is 11.5 Å². The summed E-state index contributed by atoms with van der Waals surface area (Å²) in [5.41, 5.74) is 4.86. The van der Waals surface area contributed by atoms with Crippen LogP contribution >= 0.6 is 0 Å². The summed E-state index contributed by atoms with van der Waals surface area (Å²) in [7, 11) is 0. The summed E-state index contributed by atoms with van der Waals surface area (Å²) in [6.45, 7) is 2.33. The van der Waals surface area contributed by atoms with E-state index in [0.29, 0.717) is 5.82 Å². The number of fused-ring (bicyclic) bond motifs is 1. The van der Waals surface area contributed by atoms with Crippen molar-refractivity contribution < 1.29 is 9.53 Å². The smallest absolute Gasteiger partial charge is 0.223 e. The van der Waals surface area contributed by atoms with Gasteiger partial charge in [-0.1, -0.05) is 30.3 Å². The average molecular weight is 437 g/mol. The highest BCUT2D eigenvalue weighted by Crippen LogP contribution is 2.37. The zero-order valence-electron chi connectivity index (χ0n) is 18.3. The molecular formula is C27H24N4O2. The minimum Gasteiger partial charge on any atom is -0.457 e. The molecule has 2 N–H and O–H groups in total. The number of hydrogen-bond donors (Lipinski definition) is 2. The average Bonchev–Trinajstić information content (AvgIpc) is 3.27. The molecule has 1 aliphatic rings. The minimum atomic E-state index is 0.0553. The number of carbonyl (C=O) groups excluding carboxylic acids is 1. The second-order valence-electron chi connectivity index (χ2n) is 7.85. The highest BCUT2D eigenvalue weighted by Gasteiger charge is 2.25. The van der Waals surface area contributed by atoms with Crippen LogP contribution in [0.3, 0.4) is 0 Å². The molecule has 0 radical (unpaired) electrons. The number of nitrogens with one attached hydrogen (secondary N) is 2. The van der Waals surface area contributed by atoms with Gasteiger partial charge in [0.05, 0.1) is 11.4 Å². The van der Waals surface area contributed by atoms with Gasteiger partial charge in [0.2, 0.25) is 5.91 Å². The lowest BCUT2D eigenvalue weighted by Gasteiger charge is -2.19. The van der Waals surface area contributed by atoms with Crippen molar-refractivity contribution in [1.82, 2.24) is 4.98 Å². The summed E-state index contributed by atoms with van der Waals surface area (Å²) in [4.78, 5) is 18.3. The molecule has 33 heavy (non-hydrogen) atoms. The van der Waals surface area contributed by atoms with E-state index in [2.05, 4.69) is 21.7 Å². The number of carbonyl (C=O) groups is 1. The zero-order valence-corrected chi connectivity index (χ0v) is 18.3. The first-order valence-electron chi connectivity index (χ1n) is 10.9. The van der Waals surface area contributed by atoms with Gasteiger partial charge in [-0.3, -0.25) is 4.79 Å². The third kappa shape index (κ3) is 4.65. The van der Waals surface area contributed by atoms with E-state index in [1.807, 2.05) is 83.8 Å². The Morgan fingerprint density at radius 3 is 2.45 bits per heavy atom. The second kappa shape index (κ2) is 9.04. The second-order valence-corrected chi connectivity index (χ2v) is 7.85. The first-order chi connectivity index (χ1) is 16.2. The number of aromatic nitrogens is 1. The molecule has 2 heterocycles. The van der Waals surface area contributed by atoms with Crippen LogP contribution in [0, 0.1) is 0 Å². The summed E-state index contributed by atoms with van der Waals surface area (Å²) in [6, 6.07) is 27.4. The maximum Gasteiger partial charge on any atom is 0.223 e. The van der Waals surface area contributed by atoms with Gasteiger partial charge in [-0.15, -0.1) is 0 Å². The Morgan fingerprint density at radius 1 is 0.879 bits per heavy atom. The number of nitrogens with zero attached hydrogens (tertiary/aromatic N) is 2. The van der Waals surface area contributed by atoms with Gasteiger partial charge in [-0.25, -0.2) is 4.98 Å². The molecule has 0 atom stereocenters. The van der Waals surface area contributed by atoms with Crippen molar-refractivity contribution in [3.63, 3.8) is 0 Å². The highest BCUT2D eigenvalue weighted by atomic mass is 16.5. The van der Waals surface area contributed by atoms with Crippen LogP contribution in [-0.2, 0) is 11.2 Å². The van der Waals surface area contributed by atoms with Crippen LogP contribution in [0.2, 0.25) is 0 Å². The third-order valence-corrected chi connectivity index (χ3v) is 5.52. The fourth-order valence-corrected chi connectivity index (χ4v) is 3.98. The number of anilines is 5. The first kappa shape index (κ1) is 20.6. The van der Waals surface area contributed by atoms with Gasteiger partial charge in [0.15, 0.2) is 0 Å². The fraction of sp³-hybridized carbons (Fsp3) is 0.111. The Morgan fingerprint density at radius 2 is 1.67 bits per heavy atom. The summed E-state index contributed by atoms with van der Waals surface area (Å²) in [6.07, 6.45) is 2.63. The molecule has 1 aliphatic heterocycles. The molecule has 0 fully saturated rings. The lowest BCUT2D eigenvalue weighted by molar-refractivity contribution is -0.116. The normalized spacial score (nSPS) is 12.2. The standard InChI is InChI=1S/C27H24N4O2/c1-19(32)31-17-15-20-6-5-9-25(27(20)31)29-22-14-16-28-26(18-22)30-21-10-12-24(13-11-21)33-23-7-3-2-4-8-23/h2-14,16,18H,15,17H2,1H3,(H2,28,29,30). The number of rotatable bonds is 6. The molecular weight excluding hydrogens is 412 g/mol. The van der Waals surface area contributed by atoms with Crippen LogP contribution in [0.15, 0.2) is 91.1 Å². The van der Waals surface area contributed by atoms with Crippen LogP contribution in [0.1, 0.15) is 12.5 Å². The molecule has 0 saturated carbocycles. The van der Waals surface area contributed by atoms with Crippen LogP contribution in [0.5, 0.6) is 11.5 Å². The molecule has 1 amide bonds. The number of hydrogen-bond acceptors (Lipinski definition) is 5. The van der Waals surface area contributed by atoms with Gasteiger partial charge in [-0.2, -0.15) is 0 Å². The number of pyridine rings is 1. The van der Waals surface area contributed by atoms with E-state index in [0.717, 1.165) is 47.2 Å². The van der Waals surface area contributed by atoms with E-state index in [1.165, 1.54) is 5.56 Å². The minimum absolute atomic E-state index is 0.0553. The lowest BCUT2D eigenvalue weighted by Crippen LogP contribution is -2.26. The van der Waals surface area contributed by atoms with Crippen LogP contribution < -0.4 is 20.3 Å². The number of amides is 1. The van der Waals surface area contributed by atoms with E-state index in [-0.39, 0.29) is 5.91 Å². The molecule has 1 aromatic heterocycles. The van der Waals surface area contributed by atoms with Gasteiger partial charge in [0, 0.05) is 37.1 Å². The molecule has 164 valence electrons. The Balaban J connectivity index is 1.30. The van der Waals surface area contributed by atoms with Crippen molar-refractivity contribution in [1.29, 1.82) is 0 Å². The molecule has 3 aromatic carbocycles. The fourth-order valence-electron chi connectivity index (χ4n) is 3.98. The largest absolute Gasteiger partial charge is 0.457 e. The number of ether oxygens (including phenoxy) is 1. The lowest BCUT2D eigenvalue weighted by atomic mass is 10.1.